The molecule has 0 aromatic heterocycles. The molecule has 5 rings (SSSR count). The Labute approximate surface area is 264 Å². The van der Waals surface area contributed by atoms with Crippen molar-refractivity contribution in [3.63, 3.8) is 0 Å². The second-order valence-corrected chi connectivity index (χ2v) is 12.6. The summed E-state index contributed by atoms with van der Waals surface area (Å²) in [5.74, 6) is 0.587. The molecule has 2 aromatic carbocycles. The van der Waals surface area contributed by atoms with E-state index in [1.807, 2.05) is 24.3 Å². The van der Waals surface area contributed by atoms with Crippen molar-refractivity contribution in [1.29, 1.82) is 0 Å². The van der Waals surface area contributed by atoms with Crippen molar-refractivity contribution < 1.29 is 29.0 Å². The molecule has 2 saturated heterocycles. The van der Waals surface area contributed by atoms with Crippen LogP contribution in [0.5, 0.6) is 11.5 Å². The lowest BCUT2D eigenvalue weighted by atomic mass is 9.77. The van der Waals surface area contributed by atoms with E-state index in [-0.39, 0.29) is 43.0 Å². The lowest BCUT2D eigenvalue weighted by Crippen LogP contribution is -2.73. The van der Waals surface area contributed by atoms with Crippen molar-refractivity contribution in [2.75, 3.05) is 33.7 Å². The lowest BCUT2D eigenvalue weighted by Gasteiger charge is -2.52. The molecule has 1 atom stereocenters. The quantitative estimate of drug-likeness (QED) is 0.321. The predicted molar refractivity (Wildman–Crippen MR) is 169 cm³/mol. The topological polar surface area (TPSA) is 140 Å². The van der Waals surface area contributed by atoms with E-state index < -0.39 is 17.2 Å². The minimum absolute atomic E-state index is 0.116. The van der Waals surface area contributed by atoms with Crippen molar-refractivity contribution in [1.82, 2.24) is 25.8 Å². The Hall–Kier alpha value is -3.96. The van der Waals surface area contributed by atoms with E-state index in [0.717, 1.165) is 24.8 Å². The monoisotopic (exact) mass is 619 g/mol. The SMILES string of the molecule is CNC(=O)CCN1C(=O)[C@@H](CC2(O)CCCCC2)NC(=O)C12CCN(Cc1ccc(Oc3ccc(C(=O)NC)cc3)cc1)CC2. The molecule has 4 amide bonds. The van der Waals surface area contributed by atoms with Crippen LogP contribution < -0.4 is 20.7 Å². The van der Waals surface area contributed by atoms with E-state index >= 15 is 0 Å². The second-order valence-electron chi connectivity index (χ2n) is 12.6. The zero-order chi connectivity index (χ0) is 32.0. The summed E-state index contributed by atoms with van der Waals surface area (Å²) in [6.07, 6.45) is 5.39. The van der Waals surface area contributed by atoms with Gasteiger partial charge in [0.05, 0.1) is 5.60 Å². The number of ether oxygens (including phenoxy) is 1. The van der Waals surface area contributed by atoms with Crippen molar-refractivity contribution >= 4 is 23.6 Å². The Morgan fingerprint density at radius 3 is 2.13 bits per heavy atom. The highest BCUT2D eigenvalue weighted by molar-refractivity contribution is 6.00. The molecule has 0 bridgehead atoms. The van der Waals surface area contributed by atoms with E-state index in [1.165, 1.54) is 0 Å². The molecule has 3 aliphatic rings. The Kier molecular flexibility index (Phi) is 10.1. The van der Waals surface area contributed by atoms with Gasteiger partial charge in [0.15, 0.2) is 0 Å². The number of piperazine rings is 1. The van der Waals surface area contributed by atoms with Crippen LogP contribution in [0.25, 0.3) is 0 Å². The third kappa shape index (κ3) is 7.48. The normalized spacial score (nSPS) is 21.2. The lowest BCUT2D eigenvalue weighted by molar-refractivity contribution is -0.164. The summed E-state index contributed by atoms with van der Waals surface area (Å²) in [5.41, 5.74) is -0.316. The summed E-state index contributed by atoms with van der Waals surface area (Å²) in [7, 11) is 3.15. The average molecular weight is 620 g/mol. The fraction of sp³-hybridized carbons (Fsp3) is 0.529. The fourth-order valence-electron chi connectivity index (χ4n) is 6.92. The first-order valence-electron chi connectivity index (χ1n) is 16.0. The molecule has 2 heterocycles. The summed E-state index contributed by atoms with van der Waals surface area (Å²) < 4.78 is 5.94. The van der Waals surface area contributed by atoms with Gasteiger partial charge in [-0.3, -0.25) is 24.1 Å². The molecule has 3 fully saturated rings. The Bertz CT molecular complexity index is 1360. The average Bonchev–Trinajstić information content (AvgIpc) is 3.05. The van der Waals surface area contributed by atoms with Crippen LogP contribution in [0.1, 0.15) is 73.7 Å². The van der Waals surface area contributed by atoms with Gasteiger partial charge in [-0.05, 0) is 67.6 Å². The standard InChI is InChI=1S/C34H45N5O6/c1-35-29(40)14-19-39-31(42)28(22-33(44)15-4-3-5-16-33)37-32(43)34(39)17-20-38(21-18-34)23-24-6-10-26(11-7-24)45-27-12-8-25(9-13-27)30(41)36-2/h6-13,28,44H,3-5,14-23H2,1-2H3,(H,35,40)(H,36,41)(H,37,43)/t28-/m1/s1. The Balaban J connectivity index is 1.21. The van der Waals surface area contributed by atoms with Gasteiger partial charge in [-0.2, -0.15) is 0 Å². The van der Waals surface area contributed by atoms with Crippen molar-refractivity contribution in [2.24, 2.45) is 0 Å². The number of nitrogens with zero attached hydrogens (tertiary/aromatic N) is 2. The number of nitrogens with one attached hydrogen (secondary N) is 3. The number of likely N-dealkylation sites (tertiary alicyclic amines) is 1. The molecule has 0 unspecified atom stereocenters. The number of carbonyl (C=O) groups excluding carboxylic acids is 4. The highest BCUT2D eigenvalue weighted by Gasteiger charge is 2.54. The number of benzene rings is 2. The molecule has 4 N–H and O–H groups in total. The smallest absolute Gasteiger partial charge is 0.251 e. The third-order valence-electron chi connectivity index (χ3n) is 9.61. The molecule has 11 heteroatoms. The maximum Gasteiger partial charge on any atom is 0.251 e. The molecule has 2 aliphatic heterocycles. The molecule has 2 aromatic rings. The first-order chi connectivity index (χ1) is 21.6. The predicted octanol–water partition coefficient (Wildman–Crippen LogP) is 2.72. The van der Waals surface area contributed by atoms with Gasteiger partial charge in [0, 0.05) is 58.7 Å². The van der Waals surface area contributed by atoms with Gasteiger partial charge in [0.2, 0.25) is 17.7 Å². The minimum atomic E-state index is -1.02. The number of carbonyl (C=O) groups is 4. The summed E-state index contributed by atoms with van der Waals surface area (Å²) in [4.78, 5) is 55.5. The largest absolute Gasteiger partial charge is 0.457 e. The number of piperidine rings is 1. The molecule has 45 heavy (non-hydrogen) atoms. The van der Waals surface area contributed by atoms with Crippen LogP contribution >= 0.6 is 0 Å². The zero-order valence-corrected chi connectivity index (χ0v) is 26.3. The number of hydrogen-bond donors (Lipinski definition) is 4. The number of rotatable bonds is 10. The van der Waals surface area contributed by atoms with Gasteiger partial charge in [0.25, 0.3) is 5.91 Å². The van der Waals surface area contributed by atoms with Crippen molar-refractivity contribution in [2.45, 2.75) is 81.5 Å². The number of aliphatic hydroxyl groups is 1. The first-order valence-corrected chi connectivity index (χ1v) is 16.0. The molecule has 1 spiro atoms. The number of hydrogen-bond acceptors (Lipinski definition) is 7. The summed E-state index contributed by atoms with van der Waals surface area (Å²) in [6, 6.07) is 14.0. The highest BCUT2D eigenvalue weighted by Crippen LogP contribution is 2.37. The Morgan fingerprint density at radius 2 is 1.53 bits per heavy atom. The van der Waals surface area contributed by atoms with Gasteiger partial charge in [-0.15, -0.1) is 0 Å². The molecule has 1 saturated carbocycles. The maximum atomic E-state index is 13.9. The Morgan fingerprint density at radius 1 is 0.911 bits per heavy atom. The zero-order valence-electron chi connectivity index (χ0n) is 26.3. The molecular weight excluding hydrogens is 574 g/mol. The molecule has 0 radical (unpaired) electrons. The van der Waals surface area contributed by atoms with Gasteiger partial charge >= 0.3 is 0 Å². The van der Waals surface area contributed by atoms with Gasteiger partial charge in [-0.1, -0.05) is 31.4 Å². The van der Waals surface area contributed by atoms with E-state index in [4.69, 9.17) is 4.74 Å². The summed E-state index contributed by atoms with van der Waals surface area (Å²) in [6.45, 7) is 2.07. The van der Waals surface area contributed by atoms with Crippen LogP contribution in [0.4, 0.5) is 0 Å². The van der Waals surface area contributed by atoms with Crippen LogP contribution in [-0.2, 0) is 20.9 Å². The second kappa shape index (κ2) is 14.0. The van der Waals surface area contributed by atoms with Gasteiger partial charge in [0.1, 0.15) is 23.1 Å². The van der Waals surface area contributed by atoms with Crippen molar-refractivity contribution in [3.8, 4) is 11.5 Å². The summed E-state index contributed by atoms with van der Waals surface area (Å²) >= 11 is 0. The van der Waals surface area contributed by atoms with Crippen LogP contribution in [0, 0.1) is 0 Å². The summed E-state index contributed by atoms with van der Waals surface area (Å²) in [5, 5.41) is 19.4. The van der Waals surface area contributed by atoms with E-state index in [2.05, 4.69) is 20.9 Å². The van der Waals surface area contributed by atoms with E-state index in [1.54, 1.807) is 43.3 Å². The maximum absolute atomic E-state index is 13.9. The van der Waals surface area contributed by atoms with Crippen LogP contribution in [0.15, 0.2) is 48.5 Å². The van der Waals surface area contributed by atoms with E-state index in [9.17, 15) is 24.3 Å². The van der Waals surface area contributed by atoms with Gasteiger partial charge < -0.3 is 30.7 Å². The third-order valence-corrected chi connectivity index (χ3v) is 9.61. The molecule has 1 aliphatic carbocycles. The number of amides is 4. The van der Waals surface area contributed by atoms with Gasteiger partial charge in [-0.25, -0.2) is 0 Å². The molecular formula is C34H45N5O6. The van der Waals surface area contributed by atoms with Crippen molar-refractivity contribution in [3.05, 3.63) is 59.7 Å². The van der Waals surface area contributed by atoms with E-state index in [0.29, 0.717) is 62.4 Å². The minimum Gasteiger partial charge on any atom is -0.457 e. The first kappa shape index (κ1) is 32.4. The molecule has 11 nitrogen and oxygen atoms in total. The van der Waals surface area contributed by atoms with Crippen LogP contribution in [0.3, 0.4) is 0 Å². The highest BCUT2D eigenvalue weighted by atomic mass is 16.5. The fourth-order valence-corrected chi connectivity index (χ4v) is 6.92. The van der Waals surface area contributed by atoms with Crippen LogP contribution in [-0.4, -0.2) is 89.4 Å². The molecule has 242 valence electrons. The van der Waals surface area contributed by atoms with Crippen LogP contribution in [0.2, 0.25) is 0 Å².